The average molecular weight is 241 g/mol. The Labute approximate surface area is 98.4 Å². The summed E-state index contributed by atoms with van der Waals surface area (Å²) in [4.78, 5) is 24.1. The topological polar surface area (TPSA) is 69.4 Å². The first-order chi connectivity index (χ1) is 7.69. The molecular formula is C11H15NO3S. The van der Waals surface area contributed by atoms with E-state index < -0.39 is 0 Å². The van der Waals surface area contributed by atoms with Crippen LogP contribution in [0.2, 0.25) is 0 Å². The van der Waals surface area contributed by atoms with Crippen molar-refractivity contribution in [1.82, 2.24) is 0 Å². The minimum absolute atomic E-state index is 0.0161. The third-order valence-electron chi connectivity index (χ3n) is 2.09. The van der Waals surface area contributed by atoms with Crippen LogP contribution in [0.5, 0.6) is 0 Å². The molecule has 2 N–H and O–H groups in total. The van der Waals surface area contributed by atoms with Gasteiger partial charge < -0.3 is 10.5 Å². The molecule has 0 saturated heterocycles. The van der Waals surface area contributed by atoms with Crippen molar-refractivity contribution in [1.29, 1.82) is 0 Å². The Balaban J connectivity index is 2.56. The minimum atomic E-state index is -0.124. The fourth-order valence-electron chi connectivity index (χ4n) is 1.24. The molecule has 1 heterocycles. The fourth-order valence-corrected chi connectivity index (χ4v) is 2.16. The van der Waals surface area contributed by atoms with E-state index >= 15 is 0 Å². The number of methoxy groups -OCH3 is 1. The second-order valence-electron chi connectivity index (χ2n) is 3.31. The zero-order valence-electron chi connectivity index (χ0n) is 9.19. The normalized spacial score (nSPS) is 10.4. The smallest absolute Gasteiger partial charge is 0.186 e. The highest BCUT2D eigenvalue weighted by Gasteiger charge is 2.12. The number of Topliss-reactive ketones (excluding diaryl/α,β-unsaturated/α-hetero) is 2. The maximum Gasteiger partial charge on any atom is 0.186 e. The lowest BCUT2D eigenvalue weighted by molar-refractivity contribution is 0.0966. The maximum absolute atomic E-state index is 11.7. The van der Waals surface area contributed by atoms with Crippen LogP contribution in [0.15, 0.2) is 12.1 Å². The molecule has 1 aromatic rings. The zero-order chi connectivity index (χ0) is 12.0. The predicted molar refractivity (Wildman–Crippen MR) is 63.1 cm³/mol. The van der Waals surface area contributed by atoms with Crippen molar-refractivity contribution in [2.75, 3.05) is 20.3 Å². The SMILES string of the molecule is COCCCC(=O)c1ccc(C(=O)CN)s1. The average Bonchev–Trinajstić information content (AvgIpc) is 2.77. The van der Waals surface area contributed by atoms with E-state index in [2.05, 4.69) is 0 Å². The molecule has 0 radical (unpaired) electrons. The summed E-state index contributed by atoms with van der Waals surface area (Å²) in [6.45, 7) is 0.559. The first kappa shape index (κ1) is 13.0. The molecule has 88 valence electrons. The van der Waals surface area contributed by atoms with Crippen LogP contribution in [-0.4, -0.2) is 31.8 Å². The van der Waals surface area contributed by atoms with Crippen molar-refractivity contribution in [2.24, 2.45) is 5.73 Å². The second kappa shape index (κ2) is 6.52. The Kier molecular flexibility index (Phi) is 5.31. The standard InChI is InChI=1S/C11H15NO3S/c1-15-6-2-3-8(13)10-4-5-11(16-10)9(14)7-12/h4-5H,2-3,6-7,12H2,1H3. The molecule has 0 atom stereocenters. The third-order valence-corrected chi connectivity index (χ3v) is 3.26. The monoisotopic (exact) mass is 241 g/mol. The largest absolute Gasteiger partial charge is 0.385 e. The van der Waals surface area contributed by atoms with E-state index in [9.17, 15) is 9.59 Å². The summed E-state index contributed by atoms with van der Waals surface area (Å²) >= 11 is 1.21. The zero-order valence-corrected chi connectivity index (χ0v) is 10.0. The lowest BCUT2D eigenvalue weighted by Crippen LogP contribution is -2.11. The Morgan fingerprint density at radius 2 is 1.94 bits per heavy atom. The lowest BCUT2D eigenvalue weighted by Gasteiger charge is -1.97. The number of rotatable bonds is 7. The van der Waals surface area contributed by atoms with E-state index in [0.717, 1.165) is 0 Å². The van der Waals surface area contributed by atoms with Gasteiger partial charge in [-0.1, -0.05) is 0 Å². The number of hydrogen-bond donors (Lipinski definition) is 1. The van der Waals surface area contributed by atoms with Gasteiger partial charge in [-0.05, 0) is 18.6 Å². The highest BCUT2D eigenvalue weighted by atomic mass is 32.1. The van der Waals surface area contributed by atoms with Gasteiger partial charge in [0.05, 0.1) is 16.3 Å². The van der Waals surface area contributed by atoms with Gasteiger partial charge in [-0.2, -0.15) is 0 Å². The molecule has 0 amide bonds. The van der Waals surface area contributed by atoms with Crippen molar-refractivity contribution < 1.29 is 14.3 Å². The summed E-state index contributed by atoms with van der Waals surface area (Å²) in [5.41, 5.74) is 5.24. The molecule has 0 aliphatic rings. The van der Waals surface area contributed by atoms with E-state index in [0.29, 0.717) is 29.2 Å². The van der Waals surface area contributed by atoms with Crippen molar-refractivity contribution in [3.8, 4) is 0 Å². The van der Waals surface area contributed by atoms with E-state index in [1.807, 2.05) is 0 Å². The molecule has 0 spiro atoms. The maximum atomic E-state index is 11.7. The fraction of sp³-hybridized carbons (Fsp3) is 0.455. The molecule has 16 heavy (non-hydrogen) atoms. The van der Waals surface area contributed by atoms with Crippen LogP contribution < -0.4 is 5.73 Å². The molecule has 1 aromatic heterocycles. The van der Waals surface area contributed by atoms with Crippen LogP contribution >= 0.6 is 11.3 Å². The van der Waals surface area contributed by atoms with Gasteiger partial charge in [-0.15, -0.1) is 11.3 Å². The summed E-state index contributed by atoms with van der Waals surface area (Å²) in [7, 11) is 1.60. The van der Waals surface area contributed by atoms with Crippen LogP contribution in [0.4, 0.5) is 0 Å². The lowest BCUT2D eigenvalue weighted by atomic mass is 10.2. The first-order valence-corrected chi connectivity index (χ1v) is 5.86. The van der Waals surface area contributed by atoms with E-state index in [1.54, 1.807) is 19.2 Å². The number of nitrogens with two attached hydrogens (primary N) is 1. The van der Waals surface area contributed by atoms with Crippen LogP contribution in [0, 0.1) is 0 Å². The molecular weight excluding hydrogens is 226 g/mol. The molecule has 0 bridgehead atoms. The summed E-state index contributed by atoms with van der Waals surface area (Å²) in [6, 6.07) is 3.34. The summed E-state index contributed by atoms with van der Waals surface area (Å²) < 4.78 is 4.87. The van der Waals surface area contributed by atoms with Gasteiger partial charge in [0.15, 0.2) is 11.6 Å². The highest BCUT2D eigenvalue weighted by Crippen LogP contribution is 2.18. The van der Waals surface area contributed by atoms with Crippen molar-refractivity contribution in [3.05, 3.63) is 21.9 Å². The van der Waals surface area contributed by atoms with E-state index in [-0.39, 0.29) is 18.1 Å². The molecule has 0 aliphatic carbocycles. The number of ketones is 2. The summed E-state index contributed by atoms with van der Waals surface area (Å²) in [5.74, 6) is -0.0703. The molecule has 1 rings (SSSR count). The number of thiophene rings is 1. The minimum Gasteiger partial charge on any atom is -0.385 e. The predicted octanol–water partition coefficient (Wildman–Crippen LogP) is 1.50. The Morgan fingerprint density at radius 1 is 1.31 bits per heavy atom. The van der Waals surface area contributed by atoms with Crippen molar-refractivity contribution >= 4 is 22.9 Å². The Hall–Kier alpha value is -1.04. The number of hydrogen-bond acceptors (Lipinski definition) is 5. The Morgan fingerprint density at radius 3 is 2.50 bits per heavy atom. The molecule has 0 saturated carbocycles. The van der Waals surface area contributed by atoms with Crippen LogP contribution in [-0.2, 0) is 4.74 Å². The Bertz CT molecular complexity index is 373. The van der Waals surface area contributed by atoms with Crippen LogP contribution in [0.25, 0.3) is 0 Å². The van der Waals surface area contributed by atoms with Gasteiger partial charge in [0.2, 0.25) is 0 Å². The van der Waals surface area contributed by atoms with E-state index in [4.69, 9.17) is 10.5 Å². The van der Waals surface area contributed by atoms with Crippen molar-refractivity contribution in [3.63, 3.8) is 0 Å². The van der Waals surface area contributed by atoms with Gasteiger partial charge in [0.1, 0.15) is 0 Å². The summed E-state index contributed by atoms with van der Waals surface area (Å²) in [5, 5.41) is 0. The molecule has 4 nitrogen and oxygen atoms in total. The molecule has 5 heteroatoms. The van der Waals surface area contributed by atoms with Gasteiger partial charge in [-0.3, -0.25) is 9.59 Å². The van der Waals surface area contributed by atoms with Crippen LogP contribution in [0.1, 0.15) is 32.2 Å². The number of ether oxygens (including phenoxy) is 1. The molecule has 0 fully saturated rings. The van der Waals surface area contributed by atoms with Gasteiger partial charge in [0, 0.05) is 20.1 Å². The first-order valence-electron chi connectivity index (χ1n) is 5.04. The molecule has 0 aliphatic heterocycles. The quantitative estimate of drug-likeness (QED) is 0.580. The molecule has 0 aromatic carbocycles. The van der Waals surface area contributed by atoms with Gasteiger partial charge in [0.25, 0.3) is 0 Å². The highest BCUT2D eigenvalue weighted by molar-refractivity contribution is 7.16. The van der Waals surface area contributed by atoms with Crippen LogP contribution in [0.3, 0.4) is 0 Å². The van der Waals surface area contributed by atoms with Crippen molar-refractivity contribution in [2.45, 2.75) is 12.8 Å². The third kappa shape index (κ3) is 3.52. The number of carbonyl (C=O) groups excluding carboxylic acids is 2. The second-order valence-corrected chi connectivity index (χ2v) is 4.39. The summed E-state index contributed by atoms with van der Waals surface area (Å²) in [6.07, 6.45) is 1.15. The van der Waals surface area contributed by atoms with Gasteiger partial charge >= 0.3 is 0 Å². The van der Waals surface area contributed by atoms with Gasteiger partial charge in [-0.25, -0.2) is 0 Å². The number of carbonyl (C=O) groups is 2. The molecule has 0 unspecified atom stereocenters. The van der Waals surface area contributed by atoms with E-state index in [1.165, 1.54) is 11.3 Å².